The summed E-state index contributed by atoms with van der Waals surface area (Å²) in [7, 11) is 0. The molecule has 2 saturated heterocycles. The van der Waals surface area contributed by atoms with E-state index in [4.69, 9.17) is 0 Å². The maximum atomic E-state index is 12.9. The second-order valence-electron chi connectivity index (χ2n) is 7.62. The van der Waals surface area contributed by atoms with Crippen LogP contribution in [-0.4, -0.2) is 37.0 Å². The van der Waals surface area contributed by atoms with Crippen LogP contribution in [0.3, 0.4) is 0 Å². The third-order valence-corrected chi connectivity index (χ3v) is 7.13. The number of thiophene rings is 1. The van der Waals surface area contributed by atoms with E-state index in [0.717, 1.165) is 44.1 Å². The summed E-state index contributed by atoms with van der Waals surface area (Å²) in [6, 6.07) is 0. The van der Waals surface area contributed by atoms with Gasteiger partial charge in [0.05, 0.1) is 5.56 Å². The van der Waals surface area contributed by atoms with Crippen LogP contribution in [0.4, 0.5) is 0 Å². The molecular weight excluding hydrogens is 328 g/mol. The van der Waals surface area contributed by atoms with Crippen molar-refractivity contribution in [3.05, 3.63) is 21.4 Å². The van der Waals surface area contributed by atoms with Crippen molar-refractivity contribution in [2.45, 2.75) is 45.4 Å². The van der Waals surface area contributed by atoms with Crippen molar-refractivity contribution in [1.82, 2.24) is 10.2 Å². The Bertz CT molecular complexity index is 570. The highest BCUT2D eigenvalue weighted by molar-refractivity contribution is 7.10. The molecular formula is C18H27ClN2OS. The van der Waals surface area contributed by atoms with E-state index in [9.17, 15) is 4.79 Å². The van der Waals surface area contributed by atoms with Crippen molar-refractivity contribution in [1.29, 1.82) is 0 Å². The Morgan fingerprint density at radius 2 is 2.13 bits per heavy atom. The van der Waals surface area contributed by atoms with Gasteiger partial charge in [-0.3, -0.25) is 4.79 Å². The van der Waals surface area contributed by atoms with E-state index < -0.39 is 0 Å². The van der Waals surface area contributed by atoms with Crippen LogP contribution in [0, 0.1) is 11.3 Å². The summed E-state index contributed by atoms with van der Waals surface area (Å²) in [5.74, 6) is 1.08. The van der Waals surface area contributed by atoms with Crippen molar-refractivity contribution < 1.29 is 4.79 Å². The number of amides is 1. The highest BCUT2D eigenvalue weighted by Gasteiger charge is 2.38. The molecule has 1 aliphatic carbocycles. The first kappa shape index (κ1) is 17.2. The normalized spacial score (nSPS) is 26.0. The van der Waals surface area contributed by atoms with Crippen LogP contribution in [0.1, 0.15) is 53.4 Å². The first-order chi connectivity index (χ1) is 10.7. The molecule has 1 amide bonds. The topological polar surface area (TPSA) is 32.3 Å². The maximum absolute atomic E-state index is 12.9. The lowest BCUT2D eigenvalue weighted by Crippen LogP contribution is -2.44. The predicted molar refractivity (Wildman–Crippen MR) is 97.8 cm³/mol. The second kappa shape index (κ2) is 6.73. The number of halogens is 1. The number of rotatable bonds is 1. The van der Waals surface area contributed by atoms with Crippen LogP contribution in [0.5, 0.6) is 0 Å². The van der Waals surface area contributed by atoms with Gasteiger partial charge in [-0.05, 0) is 62.0 Å². The average molecular weight is 355 g/mol. The number of fused-ring (bicyclic) bond motifs is 1. The Kier molecular flexibility index (Phi) is 5.05. The van der Waals surface area contributed by atoms with Gasteiger partial charge in [-0.25, -0.2) is 0 Å². The monoisotopic (exact) mass is 354 g/mol. The largest absolute Gasteiger partial charge is 0.339 e. The van der Waals surface area contributed by atoms with Gasteiger partial charge in [-0.15, -0.1) is 23.7 Å². The number of hydrogen-bond donors (Lipinski definition) is 1. The van der Waals surface area contributed by atoms with Gasteiger partial charge in [0.15, 0.2) is 0 Å². The number of carbonyl (C=O) groups excluding carboxylic acids is 1. The van der Waals surface area contributed by atoms with Crippen molar-refractivity contribution >= 4 is 29.7 Å². The number of hydrogen-bond acceptors (Lipinski definition) is 3. The summed E-state index contributed by atoms with van der Waals surface area (Å²) in [6.07, 6.45) is 7.15. The zero-order valence-corrected chi connectivity index (χ0v) is 15.5. The standard InChI is InChI=1S/C18H26N2OS.ClH/c1-13-2-3-14-15(11-22-16(14)10-13)17(21)20-8-5-18(6-9-20)4-7-19-12-18;/h11,13,19H,2-10,12H2,1H3;1H. The molecule has 3 nitrogen and oxygen atoms in total. The molecule has 128 valence electrons. The summed E-state index contributed by atoms with van der Waals surface area (Å²) in [4.78, 5) is 16.5. The Morgan fingerprint density at radius 1 is 1.35 bits per heavy atom. The smallest absolute Gasteiger partial charge is 0.254 e. The first-order valence-corrected chi connectivity index (χ1v) is 9.64. The van der Waals surface area contributed by atoms with Crippen LogP contribution in [0.15, 0.2) is 5.38 Å². The predicted octanol–water partition coefficient (Wildman–Crippen LogP) is 3.51. The Balaban J connectivity index is 0.00000156. The van der Waals surface area contributed by atoms with Gasteiger partial charge in [0.25, 0.3) is 5.91 Å². The second-order valence-corrected chi connectivity index (χ2v) is 8.58. The summed E-state index contributed by atoms with van der Waals surface area (Å²) in [5.41, 5.74) is 2.88. The lowest BCUT2D eigenvalue weighted by atomic mass is 9.77. The molecule has 3 aliphatic rings. The van der Waals surface area contributed by atoms with E-state index in [2.05, 4.69) is 22.5 Å². The van der Waals surface area contributed by atoms with E-state index in [1.807, 2.05) is 11.3 Å². The van der Waals surface area contributed by atoms with Gasteiger partial charge in [0.2, 0.25) is 0 Å². The highest BCUT2D eigenvalue weighted by atomic mass is 35.5. The van der Waals surface area contributed by atoms with Crippen molar-refractivity contribution in [3.8, 4) is 0 Å². The first-order valence-electron chi connectivity index (χ1n) is 8.76. The summed E-state index contributed by atoms with van der Waals surface area (Å²) in [5, 5.41) is 5.63. The van der Waals surface area contributed by atoms with Crippen LogP contribution in [0.2, 0.25) is 0 Å². The molecule has 2 fully saturated rings. The molecule has 23 heavy (non-hydrogen) atoms. The number of carbonyl (C=O) groups is 1. The number of likely N-dealkylation sites (tertiary alicyclic amines) is 1. The van der Waals surface area contributed by atoms with Crippen molar-refractivity contribution in [3.63, 3.8) is 0 Å². The minimum absolute atomic E-state index is 0. The van der Waals surface area contributed by atoms with Gasteiger partial charge in [-0.1, -0.05) is 6.92 Å². The zero-order chi connectivity index (χ0) is 15.2. The van der Waals surface area contributed by atoms with Crippen LogP contribution in [-0.2, 0) is 12.8 Å². The SMILES string of the molecule is CC1CCc2c(C(=O)N3CCC4(CCNC4)CC3)csc2C1.Cl. The van der Waals surface area contributed by atoms with Gasteiger partial charge < -0.3 is 10.2 Å². The quantitative estimate of drug-likeness (QED) is 0.837. The molecule has 0 bridgehead atoms. The lowest BCUT2D eigenvalue weighted by molar-refractivity contribution is 0.0607. The summed E-state index contributed by atoms with van der Waals surface area (Å²) in [6.45, 7) is 6.53. The lowest BCUT2D eigenvalue weighted by Gasteiger charge is -2.39. The van der Waals surface area contributed by atoms with Crippen LogP contribution >= 0.6 is 23.7 Å². The Hall–Kier alpha value is -0.580. The minimum Gasteiger partial charge on any atom is -0.339 e. The molecule has 1 unspecified atom stereocenters. The molecule has 1 aromatic rings. The van der Waals surface area contributed by atoms with Crippen molar-refractivity contribution in [2.24, 2.45) is 11.3 Å². The average Bonchev–Trinajstić information content (AvgIpc) is 3.14. The van der Waals surface area contributed by atoms with Crippen LogP contribution < -0.4 is 5.32 Å². The molecule has 4 rings (SSSR count). The molecule has 2 aliphatic heterocycles. The van der Waals surface area contributed by atoms with E-state index in [-0.39, 0.29) is 12.4 Å². The van der Waals surface area contributed by atoms with Gasteiger partial charge >= 0.3 is 0 Å². The van der Waals surface area contributed by atoms with Crippen molar-refractivity contribution in [2.75, 3.05) is 26.2 Å². The molecule has 1 atom stereocenters. The van der Waals surface area contributed by atoms with Gasteiger partial charge in [0, 0.05) is 29.9 Å². The molecule has 1 N–H and O–H groups in total. The molecule has 5 heteroatoms. The van der Waals surface area contributed by atoms with Gasteiger partial charge in [0.1, 0.15) is 0 Å². The molecule has 1 spiro atoms. The van der Waals surface area contributed by atoms with E-state index >= 15 is 0 Å². The fraction of sp³-hybridized carbons (Fsp3) is 0.722. The third kappa shape index (κ3) is 3.18. The third-order valence-electron chi connectivity index (χ3n) is 6.08. The van der Waals surface area contributed by atoms with E-state index in [1.165, 1.54) is 42.5 Å². The van der Waals surface area contributed by atoms with E-state index in [1.54, 1.807) is 0 Å². The van der Waals surface area contributed by atoms with Crippen LogP contribution in [0.25, 0.3) is 0 Å². The zero-order valence-electron chi connectivity index (χ0n) is 13.9. The highest BCUT2D eigenvalue weighted by Crippen LogP contribution is 2.38. The molecule has 0 aromatic carbocycles. The molecule has 0 saturated carbocycles. The summed E-state index contributed by atoms with van der Waals surface area (Å²) < 4.78 is 0. The Morgan fingerprint density at radius 3 is 2.83 bits per heavy atom. The number of piperidine rings is 1. The molecule has 3 heterocycles. The molecule has 0 radical (unpaired) electrons. The maximum Gasteiger partial charge on any atom is 0.254 e. The minimum atomic E-state index is 0. The number of nitrogens with zero attached hydrogens (tertiary/aromatic N) is 1. The van der Waals surface area contributed by atoms with Gasteiger partial charge in [-0.2, -0.15) is 0 Å². The fourth-order valence-electron chi connectivity index (χ4n) is 4.43. The number of nitrogens with one attached hydrogen (secondary N) is 1. The van der Waals surface area contributed by atoms with E-state index in [0.29, 0.717) is 11.3 Å². The fourth-order valence-corrected chi connectivity index (χ4v) is 5.67. The molecule has 1 aromatic heterocycles. The summed E-state index contributed by atoms with van der Waals surface area (Å²) >= 11 is 1.81. The Labute approximate surface area is 149 Å².